The number of aromatic nitrogens is 9. The number of thioether (sulfide) groups is 2. The third-order valence-corrected chi connectivity index (χ3v) is 15.7. The van der Waals surface area contributed by atoms with Gasteiger partial charge in [-0.15, -0.1) is 30.6 Å². The zero-order chi connectivity index (χ0) is 62.9. The fourth-order valence-electron chi connectivity index (χ4n) is 8.67. The SMILES string of the molecule is CC(=O)c1cc(Cl)cc(Cl)c1.CC1CCCN(c2nc(N)nnc2-c2cc(Cl)cc(Cl)c2)C1.CSc1nnc(-c2cc(Cl)cc(Cl)c2)c(C)n1.CSc1nnc(-c2cc(Cl)cc(Cl)c2)c(N2CCCC(C)C2)n1.O=C(O)C(=O)c1cc(Cl)cc(Cl)c1. The number of halogens is 10. The van der Waals surface area contributed by atoms with Gasteiger partial charge in [-0.3, -0.25) is 9.59 Å². The van der Waals surface area contributed by atoms with Gasteiger partial charge < -0.3 is 20.6 Å². The molecule has 5 aromatic carbocycles. The fraction of sp³-hybridized carbons (Fsp3) is 0.276. The normalized spacial score (nSPS) is 14.4. The molecule has 0 spiro atoms. The van der Waals surface area contributed by atoms with E-state index in [2.05, 4.69) is 64.2 Å². The summed E-state index contributed by atoms with van der Waals surface area (Å²) < 4.78 is 0. The molecular formula is C58H54Cl10N12O4S2. The third kappa shape index (κ3) is 21.3. The molecule has 2 atom stereocenters. The predicted molar refractivity (Wildman–Crippen MR) is 355 cm³/mol. The smallest absolute Gasteiger partial charge is 0.377 e. The van der Waals surface area contributed by atoms with Crippen LogP contribution >= 0.6 is 140 Å². The molecule has 0 saturated carbocycles. The molecule has 2 saturated heterocycles. The number of ketones is 2. The molecule has 10 rings (SSSR count). The molecule has 2 fully saturated rings. The number of carboxylic acid groups (broad SMARTS) is 1. The number of aliphatic carboxylic acids is 1. The molecule has 0 aliphatic carbocycles. The Hall–Kier alpha value is -5.06. The van der Waals surface area contributed by atoms with E-state index in [1.807, 2.05) is 43.7 Å². The molecule has 28 heteroatoms. The lowest BCUT2D eigenvalue weighted by Gasteiger charge is -2.32. The Labute approximate surface area is 556 Å². The van der Waals surface area contributed by atoms with Gasteiger partial charge in [0.05, 0.1) is 5.69 Å². The highest BCUT2D eigenvalue weighted by molar-refractivity contribution is 7.98. The second kappa shape index (κ2) is 33.5. The van der Waals surface area contributed by atoms with Crippen LogP contribution in [0.25, 0.3) is 33.8 Å². The van der Waals surface area contributed by atoms with Crippen molar-refractivity contribution >= 4 is 175 Å². The molecule has 2 unspecified atom stereocenters. The zero-order valence-corrected chi connectivity index (χ0v) is 55.9. The monoisotopic (exact) mass is 1400 g/mol. The maximum absolute atomic E-state index is 10.9. The van der Waals surface area contributed by atoms with Crippen molar-refractivity contribution in [2.75, 3.05) is 54.2 Å². The van der Waals surface area contributed by atoms with Crippen LogP contribution in [0, 0.1) is 18.8 Å². The van der Waals surface area contributed by atoms with Gasteiger partial charge >= 0.3 is 5.97 Å². The second-order valence-electron chi connectivity index (χ2n) is 19.4. The summed E-state index contributed by atoms with van der Waals surface area (Å²) in [6.45, 7) is 11.7. The maximum Gasteiger partial charge on any atom is 0.377 e. The Morgan fingerprint density at radius 2 is 0.826 bits per heavy atom. The molecule has 5 heterocycles. The van der Waals surface area contributed by atoms with E-state index >= 15 is 0 Å². The van der Waals surface area contributed by atoms with Crippen LogP contribution in [0.3, 0.4) is 0 Å². The Bertz CT molecular complexity index is 3630. The molecule has 86 heavy (non-hydrogen) atoms. The van der Waals surface area contributed by atoms with Crippen LogP contribution in [0.1, 0.15) is 72.9 Å². The minimum Gasteiger partial charge on any atom is -0.475 e. The maximum atomic E-state index is 10.9. The first kappa shape index (κ1) is 70.0. The van der Waals surface area contributed by atoms with Crippen molar-refractivity contribution in [3.8, 4) is 33.8 Å². The van der Waals surface area contributed by atoms with Crippen LogP contribution in [0.2, 0.25) is 50.2 Å². The molecular weight excluding hydrogens is 1350 g/mol. The van der Waals surface area contributed by atoms with Crippen molar-refractivity contribution in [1.82, 2.24) is 45.5 Å². The molecule has 0 bridgehead atoms. The summed E-state index contributed by atoms with van der Waals surface area (Å²) >= 11 is 61.8. The fourth-order valence-corrected chi connectivity index (χ4v) is 12.0. The Morgan fingerprint density at radius 1 is 0.488 bits per heavy atom. The molecule has 16 nitrogen and oxygen atoms in total. The molecule has 452 valence electrons. The van der Waals surface area contributed by atoms with Crippen molar-refractivity contribution in [1.29, 1.82) is 0 Å². The average Bonchev–Trinajstić information content (AvgIpc) is 2.19. The number of aryl methyl sites for hydroxylation is 1. The van der Waals surface area contributed by atoms with Crippen LogP contribution in [0.4, 0.5) is 17.6 Å². The van der Waals surface area contributed by atoms with E-state index in [9.17, 15) is 14.4 Å². The van der Waals surface area contributed by atoms with E-state index in [1.165, 1.54) is 61.5 Å². The van der Waals surface area contributed by atoms with E-state index in [0.717, 1.165) is 78.7 Å². The number of hydrogen-bond acceptors (Lipinski definition) is 17. The minimum atomic E-state index is -1.53. The quantitative estimate of drug-likeness (QED) is 0.0738. The number of anilines is 3. The average molecular weight is 1400 g/mol. The summed E-state index contributed by atoms with van der Waals surface area (Å²) in [6.07, 6.45) is 8.63. The number of carbonyl (C=O) groups excluding carboxylic acids is 2. The van der Waals surface area contributed by atoms with E-state index in [-0.39, 0.29) is 27.3 Å². The third-order valence-electron chi connectivity index (χ3n) is 12.4. The van der Waals surface area contributed by atoms with Gasteiger partial charge in [0.15, 0.2) is 17.4 Å². The zero-order valence-electron chi connectivity index (χ0n) is 46.7. The number of benzene rings is 5. The number of nitrogen functional groups attached to an aromatic ring is 1. The lowest BCUT2D eigenvalue weighted by Crippen LogP contribution is -2.35. The Balaban J connectivity index is 0.000000176. The Kier molecular flexibility index (Phi) is 27.3. The highest BCUT2D eigenvalue weighted by atomic mass is 35.5. The molecule has 0 radical (unpaired) electrons. The predicted octanol–water partition coefficient (Wildman–Crippen LogP) is 17.8. The highest BCUT2D eigenvalue weighted by Crippen LogP contribution is 2.36. The Morgan fingerprint density at radius 3 is 1.19 bits per heavy atom. The highest BCUT2D eigenvalue weighted by Gasteiger charge is 2.25. The first-order valence-corrected chi connectivity index (χ1v) is 32.2. The van der Waals surface area contributed by atoms with E-state index < -0.39 is 11.8 Å². The summed E-state index contributed by atoms with van der Waals surface area (Å²) in [5.41, 5.74) is 11.6. The van der Waals surface area contributed by atoms with Crippen molar-refractivity contribution in [3.05, 3.63) is 158 Å². The molecule has 8 aromatic rings. The van der Waals surface area contributed by atoms with Gasteiger partial charge in [-0.2, -0.15) is 4.98 Å². The first-order valence-electron chi connectivity index (χ1n) is 25.9. The van der Waals surface area contributed by atoms with Gasteiger partial charge in [-0.05, 0) is 155 Å². The van der Waals surface area contributed by atoms with Gasteiger partial charge in [0.25, 0.3) is 5.78 Å². The van der Waals surface area contributed by atoms with Crippen LogP contribution < -0.4 is 15.5 Å². The largest absolute Gasteiger partial charge is 0.475 e. The van der Waals surface area contributed by atoms with Crippen molar-refractivity contribution in [2.24, 2.45) is 11.8 Å². The number of Topliss-reactive ketones (excluding diaryl/α,β-unsaturated/α-hetero) is 2. The first-order chi connectivity index (χ1) is 40.8. The number of nitrogens with two attached hydrogens (primary N) is 1. The second-order valence-corrected chi connectivity index (χ2v) is 25.3. The van der Waals surface area contributed by atoms with E-state index in [4.69, 9.17) is 132 Å². The summed E-state index contributed by atoms with van der Waals surface area (Å²) in [7, 11) is 0. The summed E-state index contributed by atoms with van der Waals surface area (Å²) in [5, 5.41) is 39.5. The minimum absolute atomic E-state index is 0.0231. The number of rotatable bonds is 10. The van der Waals surface area contributed by atoms with Crippen LogP contribution in [0.5, 0.6) is 0 Å². The summed E-state index contributed by atoms with van der Waals surface area (Å²) in [5.74, 6) is 0.460. The van der Waals surface area contributed by atoms with E-state index in [0.29, 0.717) is 79.3 Å². The lowest BCUT2D eigenvalue weighted by molar-refractivity contribution is -0.131. The van der Waals surface area contributed by atoms with E-state index in [1.54, 1.807) is 48.5 Å². The number of nitrogens with zero attached hydrogens (tertiary/aromatic N) is 11. The van der Waals surface area contributed by atoms with Crippen molar-refractivity contribution < 1.29 is 19.5 Å². The molecule has 3 aromatic heterocycles. The van der Waals surface area contributed by atoms with Crippen LogP contribution in [-0.2, 0) is 4.79 Å². The van der Waals surface area contributed by atoms with Gasteiger partial charge in [-0.1, -0.05) is 153 Å². The van der Waals surface area contributed by atoms with Gasteiger partial charge in [-0.25, -0.2) is 14.8 Å². The molecule has 2 aliphatic rings. The number of hydrogen-bond donors (Lipinski definition) is 2. The van der Waals surface area contributed by atoms with Gasteiger partial charge in [0, 0.05) is 104 Å². The molecule has 0 amide bonds. The lowest BCUT2D eigenvalue weighted by atomic mass is 10.00. The van der Waals surface area contributed by atoms with Crippen LogP contribution in [0.15, 0.2) is 101 Å². The molecule has 2 aliphatic heterocycles. The number of carbonyl (C=O) groups is 3. The standard InChI is InChI=1S/C16H18Cl2N4S.C15H17Cl2N5.C11H9Cl2N3S.C8H4Cl2O3.C8H6Cl2O/c1-10-4-3-5-22(9-10)15-14(20-21-16(19-15)23-2)11-6-12(17)8-13(18)7-11;1-9-3-2-4-22(8-9)14-13(20-21-15(18)19-14)10-5-11(16)7-12(17)6-10;1-6-10(15-16-11(14-6)17-2)7-3-8(12)5-9(13)4-7;9-5-1-4(2-6(10)3-5)7(11)8(12)13;1-5(11)6-2-7(9)4-8(10)3-6/h6-8,10H,3-5,9H2,1-2H3;5-7,9H,2-4,8H2,1H3,(H2,18,19,21);3-5H,1-2H3;1-3H,(H,12,13);2-4H,1H3. The van der Waals surface area contributed by atoms with Gasteiger partial charge in [0.1, 0.15) is 17.1 Å². The topological polar surface area (TPSA) is 220 Å². The van der Waals surface area contributed by atoms with Crippen molar-refractivity contribution in [2.45, 2.75) is 63.7 Å². The van der Waals surface area contributed by atoms with Crippen molar-refractivity contribution in [3.63, 3.8) is 0 Å². The number of carboxylic acids is 1. The summed E-state index contributed by atoms with van der Waals surface area (Å²) in [4.78, 5) is 50.0. The summed E-state index contributed by atoms with van der Waals surface area (Å²) in [6, 6.07) is 24.7. The molecule has 3 N–H and O–H groups in total. The number of piperidine rings is 2. The van der Waals surface area contributed by atoms with Gasteiger partial charge in [0.2, 0.25) is 16.3 Å². The van der Waals surface area contributed by atoms with Crippen LogP contribution in [-0.4, -0.2) is 107 Å².